The van der Waals surface area contributed by atoms with E-state index < -0.39 is 23.6 Å². The van der Waals surface area contributed by atoms with E-state index in [4.69, 9.17) is 21.1 Å². The molecule has 30 heavy (non-hydrogen) atoms. The maximum Gasteiger partial charge on any atom is 0.416 e. The van der Waals surface area contributed by atoms with Gasteiger partial charge in [-0.15, -0.1) is 12.4 Å². The zero-order valence-corrected chi connectivity index (χ0v) is 17.1. The van der Waals surface area contributed by atoms with Crippen LogP contribution in [0.25, 0.3) is 0 Å². The lowest BCUT2D eigenvalue weighted by Gasteiger charge is -2.12. The van der Waals surface area contributed by atoms with Crippen molar-refractivity contribution in [1.82, 2.24) is 5.32 Å². The molecule has 0 heterocycles. The van der Waals surface area contributed by atoms with Crippen LogP contribution in [0.1, 0.15) is 12.5 Å². The summed E-state index contributed by atoms with van der Waals surface area (Å²) in [6, 6.07) is 10.0. The first-order valence-electron chi connectivity index (χ1n) is 8.26. The Balaban J connectivity index is 0.00000450. The lowest BCUT2D eigenvalue weighted by atomic mass is 10.2. The number of halogens is 5. The van der Waals surface area contributed by atoms with Crippen LogP contribution in [0, 0.1) is 0 Å². The van der Waals surface area contributed by atoms with E-state index in [9.17, 15) is 22.8 Å². The number of esters is 1. The molecular formula is C19H17Cl2F3N2O4. The maximum absolute atomic E-state index is 12.9. The Bertz CT molecular complexity index is 903. The third kappa shape index (κ3) is 8.30. The molecule has 0 saturated heterocycles. The van der Waals surface area contributed by atoms with Gasteiger partial charge >= 0.3 is 18.0 Å². The predicted molar refractivity (Wildman–Crippen MR) is 108 cm³/mol. The highest BCUT2D eigenvalue weighted by atomic mass is 35.5. The van der Waals surface area contributed by atoms with Gasteiger partial charge in [0, 0.05) is 11.9 Å². The van der Waals surface area contributed by atoms with Crippen molar-refractivity contribution >= 4 is 47.5 Å². The van der Waals surface area contributed by atoms with Crippen LogP contribution in [0.2, 0.25) is 5.02 Å². The van der Waals surface area contributed by atoms with E-state index in [0.29, 0.717) is 5.02 Å². The Morgan fingerprint density at radius 1 is 1.13 bits per heavy atom. The third-order valence-electron chi connectivity index (χ3n) is 3.32. The molecule has 0 aliphatic rings. The molecule has 2 aromatic carbocycles. The van der Waals surface area contributed by atoms with Crippen LogP contribution >= 0.6 is 24.0 Å². The minimum atomic E-state index is -4.58. The highest BCUT2D eigenvalue weighted by Crippen LogP contribution is 2.31. The molecule has 1 N–H and O–H groups in total. The first-order valence-corrected chi connectivity index (χ1v) is 8.64. The van der Waals surface area contributed by atoms with Gasteiger partial charge in [-0.05, 0) is 42.5 Å². The van der Waals surface area contributed by atoms with Gasteiger partial charge in [0.05, 0.1) is 17.8 Å². The number of nitrogens with zero attached hydrogens (tertiary/aromatic N) is 1. The van der Waals surface area contributed by atoms with Gasteiger partial charge in [0.25, 0.3) is 0 Å². The van der Waals surface area contributed by atoms with Crippen LogP contribution < -0.4 is 10.1 Å². The average Bonchev–Trinajstić information content (AvgIpc) is 2.65. The van der Waals surface area contributed by atoms with E-state index in [1.807, 2.05) is 0 Å². The summed E-state index contributed by atoms with van der Waals surface area (Å²) >= 11 is 5.80. The number of benzene rings is 2. The van der Waals surface area contributed by atoms with Crippen molar-refractivity contribution in [2.24, 2.45) is 4.99 Å². The molecule has 0 bridgehead atoms. The number of nitrogens with one attached hydrogen (secondary N) is 1. The van der Waals surface area contributed by atoms with Gasteiger partial charge in [0.15, 0.2) is 0 Å². The molecule has 6 nitrogen and oxygen atoms in total. The summed E-state index contributed by atoms with van der Waals surface area (Å²) in [5, 5.41) is 2.87. The summed E-state index contributed by atoms with van der Waals surface area (Å²) in [7, 11) is 0. The molecule has 0 aromatic heterocycles. The van der Waals surface area contributed by atoms with Gasteiger partial charge in [0.1, 0.15) is 12.4 Å². The molecule has 11 heteroatoms. The molecule has 0 fully saturated rings. The molecule has 0 aliphatic heterocycles. The van der Waals surface area contributed by atoms with Crippen LogP contribution in [0.15, 0.2) is 53.5 Å². The monoisotopic (exact) mass is 464 g/mol. The largest absolute Gasteiger partial charge is 0.457 e. The standard InChI is InChI=1S/C19H16ClF3N2O4.ClH/c1-12(26)24-9-10-28-18(27)17(25-15-7-5-14(20)6-8-15)29-16-4-2-3-13(11-16)19(21,22)23;/h2-8,11H,9-10H2,1H3,(H,24,26);1H. The summed E-state index contributed by atoms with van der Waals surface area (Å²) in [5.74, 6) is -2.14. The van der Waals surface area contributed by atoms with Crippen molar-refractivity contribution in [3.05, 3.63) is 59.1 Å². The van der Waals surface area contributed by atoms with E-state index in [1.165, 1.54) is 37.3 Å². The quantitative estimate of drug-likeness (QED) is 0.304. The van der Waals surface area contributed by atoms with E-state index in [2.05, 4.69) is 10.3 Å². The van der Waals surface area contributed by atoms with Gasteiger partial charge in [-0.3, -0.25) is 4.79 Å². The van der Waals surface area contributed by atoms with Gasteiger partial charge in [-0.25, -0.2) is 9.79 Å². The maximum atomic E-state index is 12.9. The molecule has 0 unspecified atom stereocenters. The molecule has 1 amide bonds. The zero-order chi connectivity index (χ0) is 21.4. The molecule has 2 aromatic rings. The van der Waals surface area contributed by atoms with Gasteiger partial charge < -0.3 is 14.8 Å². The second-order valence-electron chi connectivity index (χ2n) is 5.64. The number of hydrogen-bond donors (Lipinski definition) is 1. The second kappa shape index (κ2) is 11.4. The Kier molecular flexibility index (Phi) is 9.61. The van der Waals surface area contributed by atoms with Crippen LogP contribution in [-0.2, 0) is 20.5 Å². The summed E-state index contributed by atoms with van der Waals surface area (Å²) in [6.45, 7) is 1.18. The first-order chi connectivity index (χ1) is 13.6. The topological polar surface area (TPSA) is 77.0 Å². The van der Waals surface area contributed by atoms with E-state index in [1.54, 1.807) is 0 Å². The fourth-order valence-electron chi connectivity index (χ4n) is 2.02. The van der Waals surface area contributed by atoms with Crippen molar-refractivity contribution in [1.29, 1.82) is 0 Å². The van der Waals surface area contributed by atoms with E-state index in [0.717, 1.165) is 18.2 Å². The normalized spacial score (nSPS) is 11.3. The van der Waals surface area contributed by atoms with E-state index in [-0.39, 0.29) is 42.9 Å². The molecule has 2 rings (SSSR count). The van der Waals surface area contributed by atoms with Gasteiger partial charge in [0.2, 0.25) is 5.91 Å². The fraction of sp³-hybridized carbons (Fsp3) is 0.211. The number of alkyl halides is 3. The molecule has 0 aliphatic carbocycles. The lowest BCUT2D eigenvalue weighted by Crippen LogP contribution is -2.29. The molecule has 0 spiro atoms. The van der Waals surface area contributed by atoms with Gasteiger partial charge in [-0.2, -0.15) is 13.2 Å². The van der Waals surface area contributed by atoms with Crippen molar-refractivity contribution in [3.8, 4) is 5.75 Å². The third-order valence-corrected chi connectivity index (χ3v) is 3.57. The number of amides is 1. The number of carbonyl (C=O) groups is 2. The summed E-state index contributed by atoms with van der Waals surface area (Å²) in [6.07, 6.45) is -4.58. The Morgan fingerprint density at radius 3 is 2.40 bits per heavy atom. The second-order valence-corrected chi connectivity index (χ2v) is 6.08. The van der Waals surface area contributed by atoms with Crippen LogP contribution in [-0.4, -0.2) is 30.9 Å². The van der Waals surface area contributed by atoms with Crippen LogP contribution in [0.5, 0.6) is 5.75 Å². The minimum Gasteiger partial charge on any atom is -0.457 e. The first kappa shape index (κ1) is 25.3. The van der Waals surface area contributed by atoms with Crippen molar-refractivity contribution in [3.63, 3.8) is 0 Å². The molecule has 0 atom stereocenters. The zero-order valence-electron chi connectivity index (χ0n) is 15.5. The molecule has 162 valence electrons. The average molecular weight is 465 g/mol. The number of carbonyl (C=O) groups excluding carboxylic acids is 2. The van der Waals surface area contributed by atoms with Crippen LogP contribution in [0.4, 0.5) is 18.9 Å². The summed E-state index contributed by atoms with van der Waals surface area (Å²) in [4.78, 5) is 27.1. The number of rotatable bonds is 5. The number of hydrogen-bond acceptors (Lipinski definition) is 5. The Morgan fingerprint density at radius 2 is 1.80 bits per heavy atom. The van der Waals surface area contributed by atoms with Crippen LogP contribution in [0.3, 0.4) is 0 Å². The fourth-order valence-corrected chi connectivity index (χ4v) is 2.15. The van der Waals surface area contributed by atoms with Crippen molar-refractivity contribution in [2.45, 2.75) is 13.1 Å². The SMILES string of the molecule is CC(=O)NCCOC(=O)C(=Nc1ccc(Cl)cc1)Oc1cccc(C(F)(F)F)c1.Cl. The molecule has 0 radical (unpaired) electrons. The lowest BCUT2D eigenvalue weighted by molar-refractivity contribution is -0.137. The molecular weight excluding hydrogens is 448 g/mol. The molecule has 0 saturated carbocycles. The Labute approximate surface area is 181 Å². The minimum absolute atomic E-state index is 0. The highest BCUT2D eigenvalue weighted by Gasteiger charge is 2.31. The summed E-state index contributed by atoms with van der Waals surface area (Å²) in [5.41, 5.74) is -0.671. The van der Waals surface area contributed by atoms with E-state index >= 15 is 0 Å². The number of aliphatic imine (C=N–C) groups is 1. The smallest absolute Gasteiger partial charge is 0.416 e. The van der Waals surface area contributed by atoms with Gasteiger partial charge in [-0.1, -0.05) is 17.7 Å². The number of ether oxygens (including phenoxy) is 2. The van der Waals surface area contributed by atoms with Crippen molar-refractivity contribution in [2.75, 3.05) is 13.2 Å². The Hall–Kier alpha value is -2.78. The van der Waals surface area contributed by atoms with Crippen molar-refractivity contribution < 1.29 is 32.2 Å². The summed E-state index contributed by atoms with van der Waals surface area (Å²) < 4.78 is 48.9. The highest BCUT2D eigenvalue weighted by molar-refractivity contribution is 6.34. The predicted octanol–water partition coefficient (Wildman–Crippen LogP) is 4.57.